The Morgan fingerprint density at radius 1 is 0.846 bits per heavy atom. The molecule has 0 saturated heterocycles. The number of carbonyl (C=O) groups excluding carboxylic acids is 1. The number of nitrogens with one attached hydrogen (secondary N) is 2. The highest BCUT2D eigenvalue weighted by Gasteiger charge is 2.32. The highest BCUT2D eigenvalue weighted by molar-refractivity contribution is 7.92. The van der Waals surface area contributed by atoms with Crippen LogP contribution in [0.25, 0.3) is 11.0 Å². The van der Waals surface area contributed by atoms with Crippen molar-refractivity contribution in [2.45, 2.75) is 30.1 Å². The molecule has 1 aliphatic heterocycles. The minimum absolute atomic E-state index is 0.00884. The van der Waals surface area contributed by atoms with Crippen molar-refractivity contribution < 1.29 is 30.8 Å². The Bertz CT molecular complexity index is 2610. The molecule has 0 fully saturated rings. The Labute approximate surface area is 299 Å². The average molecular weight is 742 g/mol. The molecule has 0 aliphatic carbocycles. The number of rotatable bonds is 10. The predicted molar refractivity (Wildman–Crippen MR) is 195 cm³/mol. The second-order valence-corrected chi connectivity index (χ2v) is 15.8. The highest BCUT2D eigenvalue weighted by atomic mass is 32.2. The van der Waals surface area contributed by atoms with E-state index >= 15 is 0 Å². The summed E-state index contributed by atoms with van der Waals surface area (Å²) < 4.78 is 78.1. The first-order valence-corrected chi connectivity index (χ1v) is 18.8. The van der Waals surface area contributed by atoms with Gasteiger partial charge in [-0.2, -0.15) is 9.97 Å². The van der Waals surface area contributed by atoms with Crippen molar-refractivity contribution in [1.82, 2.24) is 13.9 Å². The van der Waals surface area contributed by atoms with Gasteiger partial charge in [-0.15, -0.1) is 0 Å². The maximum atomic E-state index is 14.8. The first-order valence-electron chi connectivity index (χ1n) is 15.9. The van der Waals surface area contributed by atoms with Gasteiger partial charge in [0.2, 0.25) is 5.95 Å². The lowest BCUT2D eigenvalue weighted by Crippen LogP contribution is -2.29. The molecule has 1 amide bonds. The van der Waals surface area contributed by atoms with Gasteiger partial charge in [0.25, 0.3) is 26.0 Å². The van der Waals surface area contributed by atoms with Crippen LogP contribution in [0.5, 0.6) is 5.75 Å². The Morgan fingerprint density at radius 3 is 2.13 bits per heavy atom. The number of nitrogens with two attached hydrogens (primary N) is 1. The lowest BCUT2D eigenvalue weighted by Gasteiger charge is -2.21. The van der Waals surface area contributed by atoms with Crippen LogP contribution in [0.3, 0.4) is 0 Å². The molecule has 0 bridgehead atoms. The molecule has 13 nitrogen and oxygen atoms in total. The largest absolute Gasteiger partial charge is 0.495 e. The van der Waals surface area contributed by atoms with Crippen LogP contribution in [0.2, 0.25) is 0 Å². The molecule has 6 aromatic rings. The van der Waals surface area contributed by atoms with Crippen LogP contribution in [0.15, 0.2) is 101 Å². The Hall–Kier alpha value is -6.00. The molecule has 2 aromatic heterocycles. The molecule has 4 aromatic carbocycles. The quantitative estimate of drug-likeness (QED) is 0.156. The van der Waals surface area contributed by atoms with Crippen molar-refractivity contribution in [1.29, 1.82) is 0 Å². The summed E-state index contributed by atoms with van der Waals surface area (Å²) in [4.78, 5) is 21.6. The molecule has 266 valence electrons. The Balaban J connectivity index is 1.37. The van der Waals surface area contributed by atoms with Crippen LogP contribution in [0.1, 0.15) is 27.0 Å². The summed E-state index contributed by atoms with van der Waals surface area (Å²) in [6.45, 7) is 3.91. The minimum Gasteiger partial charge on any atom is -0.495 e. The van der Waals surface area contributed by atoms with Gasteiger partial charge in [-0.05, 0) is 80.4 Å². The van der Waals surface area contributed by atoms with Crippen molar-refractivity contribution in [3.05, 3.63) is 119 Å². The maximum Gasteiger partial charge on any atom is 0.269 e. The van der Waals surface area contributed by atoms with E-state index in [0.29, 0.717) is 17.9 Å². The Kier molecular flexibility index (Phi) is 8.58. The summed E-state index contributed by atoms with van der Waals surface area (Å²) >= 11 is 0. The minimum atomic E-state index is -4.18. The number of benzene rings is 4. The molecule has 4 N–H and O–H groups in total. The fraction of sp³-hybridized carbons (Fsp3) is 0.139. The number of aryl methyl sites for hydroxylation is 2. The van der Waals surface area contributed by atoms with Crippen molar-refractivity contribution in [3.63, 3.8) is 0 Å². The van der Waals surface area contributed by atoms with Crippen molar-refractivity contribution in [3.8, 4) is 5.75 Å². The number of halogens is 1. The summed E-state index contributed by atoms with van der Waals surface area (Å²) in [5, 5.41) is 6.23. The highest BCUT2D eigenvalue weighted by Crippen LogP contribution is 2.41. The number of aromatic nitrogens is 3. The lowest BCUT2D eigenvalue weighted by atomic mass is 10.1. The van der Waals surface area contributed by atoms with Crippen LogP contribution < -0.4 is 25.4 Å². The molecule has 0 atom stereocenters. The maximum absolute atomic E-state index is 14.8. The van der Waals surface area contributed by atoms with Gasteiger partial charge in [0.1, 0.15) is 17.4 Å². The number of anilines is 5. The number of fused-ring (bicyclic) bond motifs is 2. The van der Waals surface area contributed by atoms with E-state index in [4.69, 9.17) is 10.5 Å². The molecule has 3 heterocycles. The standard InChI is InChI=1S/C36H32FN7O6S2/c1-21-7-11-24(12-8-21)51(46,47)43-17-15-23-19-31(50-3)29(20-30(23)43)40-36-41-34(39-28-6-4-5-27(37)32(28)33(38)45)26-16-18-44(35(26)42-36)52(48,49)25-13-9-22(2)10-14-25/h4-14,16,18-20H,15,17H2,1-3H3,(H2,38,45)(H2,39,40,41,42). The third-order valence-corrected chi connectivity index (χ3v) is 12.2. The summed E-state index contributed by atoms with van der Waals surface area (Å²) in [7, 11) is -6.65. The van der Waals surface area contributed by atoms with E-state index in [1.54, 1.807) is 48.5 Å². The summed E-state index contributed by atoms with van der Waals surface area (Å²) in [6.07, 6.45) is 1.75. The molecule has 0 spiro atoms. The van der Waals surface area contributed by atoms with E-state index in [2.05, 4.69) is 20.6 Å². The van der Waals surface area contributed by atoms with Gasteiger partial charge in [0.05, 0.1) is 44.9 Å². The van der Waals surface area contributed by atoms with Crippen LogP contribution in [0, 0.1) is 19.7 Å². The number of amides is 1. The monoisotopic (exact) mass is 741 g/mol. The molecule has 0 saturated carbocycles. The van der Waals surface area contributed by atoms with E-state index < -0.39 is 37.3 Å². The van der Waals surface area contributed by atoms with Gasteiger partial charge in [-0.3, -0.25) is 9.10 Å². The van der Waals surface area contributed by atoms with Crippen molar-refractivity contribution in [2.24, 2.45) is 5.73 Å². The number of carbonyl (C=O) groups is 1. The fourth-order valence-corrected chi connectivity index (χ4v) is 8.82. The number of ether oxygens (including phenoxy) is 1. The van der Waals surface area contributed by atoms with Gasteiger partial charge in [-0.1, -0.05) is 41.5 Å². The molecule has 0 radical (unpaired) electrons. The Morgan fingerprint density at radius 2 is 1.50 bits per heavy atom. The zero-order valence-corrected chi connectivity index (χ0v) is 29.7. The SMILES string of the molecule is COc1cc2c(cc1Nc1nc(Nc3cccc(F)c3C(N)=O)c3ccn(S(=O)(=O)c4ccc(C)cc4)c3n1)N(S(=O)(=O)c1ccc(C)cc1)CC2. The summed E-state index contributed by atoms with van der Waals surface area (Å²) in [5.74, 6) is -1.67. The van der Waals surface area contributed by atoms with E-state index in [9.17, 15) is 26.0 Å². The second kappa shape index (κ2) is 13.0. The number of hydrogen-bond acceptors (Lipinski definition) is 10. The average Bonchev–Trinajstić information content (AvgIpc) is 3.73. The van der Waals surface area contributed by atoms with Crippen LogP contribution in [-0.2, 0) is 26.5 Å². The zero-order chi connectivity index (χ0) is 36.9. The van der Waals surface area contributed by atoms with Crippen molar-refractivity contribution >= 4 is 65.8 Å². The first-order chi connectivity index (χ1) is 24.8. The van der Waals surface area contributed by atoms with Crippen LogP contribution >= 0.6 is 0 Å². The van der Waals surface area contributed by atoms with Gasteiger partial charge in [0.15, 0.2) is 5.65 Å². The number of primary amides is 1. The van der Waals surface area contributed by atoms with Gasteiger partial charge in [0, 0.05) is 12.7 Å². The molecule has 52 heavy (non-hydrogen) atoms. The van der Waals surface area contributed by atoms with Gasteiger partial charge in [-0.25, -0.2) is 25.2 Å². The van der Waals surface area contributed by atoms with Crippen LogP contribution in [0.4, 0.5) is 33.2 Å². The predicted octanol–water partition coefficient (Wildman–Crippen LogP) is 5.77. The number of hydrogen-bond donors (Lipinski definition) is 3. The fourth-order valence-electron chi connectivity index (χ4n) is 6.03. The zero-order valence-electron chi connectivity index (χ0n) is 28.1. The topological polar surface area (TPSA) is 179 Å². The molecule has 7 rings (SSSR count). The van der Waals surface area contributed by atoms with Crippen LogP contribution in [-0.4, -0.2) is 50.3 Å². The van der Waals surface area contributed by atoms with E-state index in [0.717, 1.165) is 26.7 Å². The second-order valence-electron chi connectivity index (χ2n) is 12.2. The molecule has 0 unspecified atom stereocenters. The molecule has 1 aliphatic rings. The normalized spacial score (nSPS) is 12.9. The van der Waals surface area contributed by atoms with Crippen molar-refractivity contribution in [2.75, 3.05) is 28.6 Å². The summed E-state index contributed by atoms with van der Waals surface area (Å²) in [6, 6.07) is 21.6. The molecule has 16 heteroatoms. The van der Waals surface area contributed by atoms with E-state index in [1.165, 1.54) is 47.9 Å². The smallest absolute Gasteiger partial charge is 0.269 e. The van der Waals surface area contributed by atoms with Gasteiger partial charge >= 0.3 is 0 Å². The number of methoxy groups -OCH3 is 1. The van der Waals surface area contributed by atoms with E-state index in [-0.39, 0.29) is 50.5 Å². The summed E-state index contributed by atoms with van der Waals surface area (Å²) in [5.41, 5.74) is 8.23. The number of sulfonamides is 1. The lowest BCUT2D eigenvalue weighted by molar-refractivity contribution is 0.0997. The van der Waals surface area contributed by atoms with E-state index in [1.807, 2.05) is 13.8 Å². The molecular weight excluding hydrogens is 710 g/mol. The third-order valence-electron chi connectivity index (χ3n) is 8.71. The number of nitrogens with zero attached hydrogens (tertiary/aromatic N) is 4. The van der Waals surface area contributed by atoms with Gasteiger partial charge < -0.3 is 21.1 Å². The molecular formula is C36H32FN7O6S2. The third kappa shape index (κ3) is 6.05. The first kappa shape index (κ1) is 34.4.